The highest BCUT2D eigenvalue weighted by atomic mass is 16.7. The molecule has 38 heavy (non-hydrogen) atoms. The second-order valence-corrected chi connectivity index (χ2v) is 10.8. The molecule has 5 aromatic rings. The molecule has 1 saturated heterocycles. The van der Waals surface area contributed by atoms with Crippen molar-refractivity contribution in [1.82, 2.24) is 9.13 Å². The summed E-state index contributed by atoms with van der Waals surface area (Å²) in [7, 11) is -0.299. The molecule has 0 N–H and O–H groups in total. The zero-order valence-corrected chi connectivity index (χ0v) is 22.3. The molecule has 4 nitrogen and oxygen atoms in total. The van der Waals surface area contributed by atoms with Crippen LogP contribution in [0.2, 0.25) is 6.32 Å². The van der Waals surface area contributed by atoms with Gasteiger partial charge in [-0.25, -0.2) is 0 Å². The van der Waals surface area contributed by atoms with E-state index in [0.29, 0.717) is 6.32 Å². The zero-order chi connectivity index (χ0) is 26.5. The summed E-state index contributed by atoms with van der Waals surface area (Å²) in [5.41, 5.74) is 5.57. The Hall–Kier alpha value is -3.98. The Labute approximate surface area is 224 Å². The van der Waals surface area contributed by atoms with E-state index in [9.17, 15) is 0 Å². The third-order valence-electron chi connectivity index (χ3n) is 7.93. The SMILES string of the molecule is C#Cc1c(/C=C\CB2OC(C)(C)C(C)(C)O2)n(-c2ccccc2)c2c1ccc1c2ccn1-c1ccccc1. The number of rotatable bonds is 5. The second-order valence-electron chi connectivity index (χ2n) is 10.8. The summed E-state index contributed by atoms with van der Waals surface area (Å²) in [6, 6.07) is 27.3. The molecule has 0 bridgehead atoms. The first kappa shape index (κ1) is 24.4. The summed E-state index contributed by atoms with van der Waals surface area (Å²) in [4.78, 5) is 0. The predicted molar refractivity (Wildman–Crippen MR) is 158 cm³/mol. The molecule has 0 saturated carbocycles. The average molecular weight is 498 g/mol. The van der Waals surface area contributed by atoms with Crippen molar-refractivity contribution < 1.29 is 9.31 Å². The Morgan fingerprint density at radius 2 is 1.45 bits per heavy atom. The number of allylic oxidation sites excluding steroid dienone is 1. The fourth-order valence-corrected chi connectivity index (χ4v) is 5.33. The van der Waals surface area contributed by atoms with Crippen molar-refractivity contribution in [3.05, 3.63) is 102 Å². The molecular weight excluding hydrogens is 467 g/mol. The monoisotopic (exact) mass is 498 g/mol. The van der Waals surface area contributed by atoms with Crippen LogP contribution in [-0.4, -0.2) is 27.5 Å². The van der Waals surface area contributed by atoms with Gasteiger partial charge in [-0.2, -0.15) is 0 Å². The smallest absolute Gasteiger partial charge is 0.403 e. The summed E-state index contributed by atoms with van der Waals surface area (Å²) in [6.45, 7) is 8.31. The van der Waals surface area contributed by atoms with Gasteiger partial charge in [0.2, 0.25) is 0 Å². The standard InChI is InChI=1S/C33H31BN2O2/c1-6-26-27-19-20-29-28(21-23-35(29)24-14-9-7-10-15-24)31(27)36(25-16-11-8-12-17-25)30(26)18-13-22-34-37-32(2,3)33(4,5)38-34/h1,7-21,23H,22H2,2-5H3/b18-13-. The highest BCUT2D eigenvalue weighted by Crippen LogP contribution is 2.39. The molecule has 0 radical (unpaired) electrons. The minimum absolute atomic E-state index is 0.299. The van der Waals surface area contributed by atoms with E-state index >= 15 is 0 Å². The van der Waals surface area contributed by atoms with Crippen molar-refractivity contribution >= 4 is 35.0 Å². The van der Waals surface area contributed by atoms with Crippen LogP contribution in [0.5, 0.6) is 0 Å². The molecule has 0 unspecified atom stereocenters. The molecule has 5 heteroatoms. The molecule has 0 atom stereocenters. The lowest BCUT2D eigenvalue weighted by atomic mass is 9.84. The van der Waals surface area contributed by atoms with Crippen LogP contribution in [0.4, 0.5) is 0 Å². The maximum atomic E-state index is 6.21. The molecule has 0 amide bonds. The molecule has 0 aliphatic carbocycles. The van der Waals surface area contributed by atoms with Gasteiger partial charge < -0.3 is 18.4 Å². The van der Waals surface area contributed by atoms with E-state index in [0.717, 1.165) is 44.4 Å². The van der Waals surface area contributed by atoms with Gasteiger partial charge in [-0.3, -0.25) is 0 Å². The fourth-order valence-electron chi connectivity index (χ4n) is 5.33. The van der Waals surface area contributed by atoms with Crippen molar-refractivity contribution in [2.24, 2.45) is 0 Å². The van der Waals surface area contributed by atoms with Crippen LogP contribution < -0.4 is 0 Å². The first-order valence-electron chi connectivity index (χ1n) is 13.1. The number of para-hydroxylation sites is 2. The first-order valence-corrected chi connectivity index (χ1v) is 13.1. The van der Waals surface area contributed by atoms with Crippen molar-refractivity contribution in [3.8, 4) is 23.7 Å². The van der Waals surface area contributed by atoms with Gasteiger partial charge in [-0.1, -0.05) is 48.4 Å². The number of terminal acetylenes is 1. The van der Waals surface area contributed by atoms with Gasteiger partial charge in [0.05, 0.1) is 33.5 Å². The van der Waals surface area contributed by atoms with E-state index in [2.05, 4.69) is 128 Å². The fraction of sp³-hybridized carbons (Fsp3) is 0.212. The van der Waals surface area contributed by atoms with Gasteiger partial charge in [0, 0.05) is 34.7 Å². The largest absolute Gasteiger partial charge is 0.461 e. The molecule has 3 heterocycles. The third kappa shape index (κ3) is 3.89. The van der Waals surface area contributed by atoms with Crippen LogP contribution in [0, 0.1) is 12.3 Å². The number of hydrogen-bond donors (Lipinski definition) is 0. The summed E-state index contributed by atoms with van der Waals surface area (Å²) >= 11 is 0. The molecule has 2 aromatic heterocycles. The van der Waals surface area contributed by atoms with Gasteiger partial charge in [-0.05, 0) is 76.2 Å². The molecule has 1 fully saturated rings. The number of nitrogens with zero attached hydrogens (tertiary/aromatic N) is 2. The number of hydrogen-bond acceptors (Lipinski definition) is 2. The third-order valence-corrected chi connectivity index (χ3v) is 7.93. The molecule has 6 rings (SSSR count). The van der Waals surface area contributed by atoms with E-state index in [-0.39, 0.29) is 18.3 Å². The van der Waals surface area contributed by atoms with Gasteiger partial charge >= 0.3 is 7.12 Å². The van der Waals surface area contributed by atoms with Crippen LogP contribution in [0.3, 0.4) is 0 Å². The summed E-state index contributed by atoms with van der Waals surface area (Å²) in [5.74, 6) is 3.00. The Morgan fingerprint density at radius 3 is 2.08 bits per heavy atom. The molecule has 3 aromatic carbocycles. The highest BCUT2D eigenvalue weighted by Gasteiger charge is 2.50. The topological polar surface area (TPSA) is 28.3 Å². The van der Waals surface area contributed by atoms with Gasteiger partial charge in [0.25, 0.3) is 0 Å². The van der Waals surface area contributed by atoms with E-state index in [1.807, 2.05) is 12.1 Å². The molecule has 1 aliphatic rings. The number of fused-ring (bicyclic) bond motifs is 3. The van der Waals surface area contributed by atoms with Crippen LogP contribution in [0.15, 0.2) is 91.1 Å². The van der Waals surface area contributed by atoms with Crippen LogP contribution in [0.25, 0.3) is 39.3 Å². The van der Waals surface area contributed by atoms with Gasteiger partial charge in [0.15, 0.2) is 0 Å². The predicted octanol–water partition coefficient (Wildman–Crippen LogP) is 7.66. The Balaban J connectivity index is 1.51. The Kier molecular flexibility index (Phi) is 5.83. The van der Waals surface area contributed by atoms with Crippen LogP contribution >= 0.6 is 0 Å². The maximum absolute atomic E-state index is 6.21. The number of benzene rings is 3. The molecule has 188 valence electrons. The maximum Gasteiger partial charge on any atom is 0.461 e. The summed E-state index contributed by atoms with van der Waals surface area (Å²) < 4.78 is 16.9. The highest BCUT2D eigenvalue weighted by molar-refractivity contribution is 6.46. The minimum atomic E-state index is -0.355. The lowest BCUT2D eigenvalue weighted by Crippen LogP contribution is -2.41. The minimum Gasteiger partial charge on any atom is -0.403 e. The summed E-state index contributed by atoms with van der Waals surface area (Å²) in [6.07, 6.45) is 13.2. The first-order chi connectivity index (χ1) is 18.3. The summed E-state index contributed by atoms with van der Waals surface area (Å²) in [5, 5.41) is 2.21. The Morgan fingerprint density at radius 1 is 0.816 bits per heavy atom. The normalized spacial score (nSPS) is 16.6. The van der Waals surface area contributed by atoms with Gasteiger partial charge in [-0.15, -0.1) is 6.42 Å². The number of aromatic nitrogens is 2. The van der Waals surface area contributed by atoms with Crippen molar-refractivity contribution in [1.29, 1.82) is 0 Å². The quantitative estimate of drug-likeness (QED) is 0.184. The molecule has 0 spiro atoms. The van der Waals surface area contributed by atoms with Crippen molar-refractivity contribution in [3.63, 3.8) is 0 Å². The van der Waals surface area contributed by atoms with E-state index in [4.69, 9.17) is 15.7 Å². The van der Waals surface area contributed by atoms with Gasteiger partial charge in [0.1, 0.15) is 0 Å². The molecule has 1 aliphatic heterocycles. The zero-order valence-electron chi connectivity index (χ0n) is 22.3. The van der Waals surface area contributed by atoms with Crippen molar-refractivity contribution in [2.75, 3.05) is 0 Å². The Bertz CT molecular complexity index is 1690. The average Bonchev–Trinajstić information content (AvgIpc) is 3.53. The van der Waals surface area contributed by atoms with Crippen LogP contribution in [0.1, 0.15) is 39.0 Å². The van der Waals surface area contributed by atoms with Crippen LogP contribution in [-0.2, 0) is 9.31 Å². The lowest BCUT2D eigenvalue weighted by molar-refractivity contribution is 0.00578. The van der Waals surface area contributed by atoms with E-state index < -0.39 is 0 Å². The second kappa shape index (κ2) is 9.10. The van der Waals surface area contributed by atoms with Crippen molar-refractivity contribution in [2.45, 2.75) is 45.2 Å². The molecular formula is C33H31BN2O2. The van der Waals surface area contributed by atoms with E-state index in [1.54, 1.807) is 0 Å². The lowest BCUT2D eigenvalue weighted by Gasteiger charge is -2.32. The van der Waals surface area contributed by atoms with E-state index in [1.165, 1.54) is 0 Å².